The molecule has 17 heavy (non-hydrogen) atoms. The maximum Gasteiger partial charge on any atom is 0.306 e. The Morgan fingerprint density at radius 3 is 2.71 bits per heavy atom. The molecule has 1 aliphatic heterocycles. The van der Waals surface area contributed by atoms with E-state index in [9.17, 15) is 9.59 Å². The van der Waals surface area contributed by atoms with Gasteiger partial charge in [0, 0.05) is 25.4 Å². The molecule has 2 unspecified atom stereocenters. The molecule has 4 nitrogen and oxygen atoms in total. The first-order chi connectivity index (χ1) is 8.08. The number of rotatable bonds is 4. The summed E-state index contributed by atoms with van der Waals surface area (Å²) in [5.74, 6) is -0.393. The van der Waals surface area contributed by atoms with Crippen LogP contribution in [-0.2, 0) is 9.59 Å². The second-order valence-electron chi connectivity index (χ2n) is 5.16. The Morgan fingerprint density at radius 1 is 1.47 bits per heavy atom. The van der Waals surface area contributed by atoms with Crippen LogP contribution < -0.4 is 0 Å². The lowest BCUT2D eigenvalue weighted by molar-refractivity contribution is -0.150. The summed E-state index contributed by atoms with van der Waals surface area (Å²) in [5, 5.41) is 8.86. The third-order valence-electron chi connectivity index (χ3n) is 3.91. The van der Waals surface area contributed by atoms with E-state index in [0.717, 1.165) is 12.8 Å². The molecule has 1 amide bonds. The normalized spacial score (nSPS) is 25.7. The van der Waals surface area contributed by atoms with Gasteiger partial charge < -0.3 is 10.0 Å². The van der Waals surface area contributed by atoms with Crippen LogP contribution in [0.1, 0.15) is 26.2 Å². The summed E-state index contributed by atoms with van der Waals surface area (Å²) in [5.41, 5.74) is 0. The molecular weight excluding hydrogens is 218 g/mol. The van der Waals surface area contributed by atoms with Crippen molar-refractivity contribution in [3.63, 3.8) is 0 Å². The van der Waals surface area contributed by atoms with E-state index in [1.165, 1.54) is 0 Å². The van der Waals surface area contributed by atoms with Crippen molar-refractivity contribution in [2.75, 3.05) is 13.1 Å². The lowest BCUT2D eigenvalue weighted by Gasteiger charge is -2.41. The highest BCUT2D eigenvalue weighted by Gasteiger charge is 2.37. The molecule has 94 valence electrons. The minimum Gasteiger partial charge on any atom is -0.481 e. The summed E-state index contributed by atoms with van der Waals surface area (Å²) < 4.78 is 0. The van der Waals surface area contributed by atoms with Crippen LogP contribution in [0.4, 0.5) is 0 Å². The van der Waals surface area contributed by atoms with Gasteiger partial charge in [-0.3, -0.25) is 9.59 Å². The fourth-order valence-electron chi connectivity index (χ4n) is 2.45. The number of hydrogen-bond acceptors (Lipinski definition) is 2. The van der Waals surface area contributed by atoms with Crippen molar-refractivity contribution in [1.29, 1.82) is 0 Å². The number of likely N-dealkylation sites (tertiary alicyclic amines) is 1. The average Bonchev–Trinajstić information content (AvgIpc) is 2.67. The third kappa shape index (κ3) is 2.68. The van der Waals surface area contributed by atoms with Crippen molar-refractivity contribution >= 4 is 11.9 Å². The van der Waals surface area contributed by atoms with Gasteiger partial charge in [0.15, 0.2) is 0 Å². The van der Waals surface area contributed by atoms with Crippen molar-refractivity contribution in [2.45, 2.75) is 26.2 Å². The van der Waals surface area contributed by atoms with Crippen LogP contribution in [0.15, 0.2) is 12.2 Å². The zero-order valence-corrected chi connectivity index (χ0v) is 10.1. The maximum absolute atomic E-state index is 11.9. The van der Waals surface area contributed by atoms with Crippen LogP contribution in [0.25, 0.3) is 0 Å². The van der Waals surface area contributed by atoms with E-state index in [0.29, 0.717) is 25.4 Å². The molecule has 4 heteroatoms. The van der Waals surface area contributed by atoms with Gasteiger partial charge in [-0.15, -0.1) is 0 Å². The second kappa shape index (κ2) is 4.90. The van der Waals surface area contributed by atoms with Gasteiger partial charge in [0.25, 0.3) is 0 Å². The third-order valence-corrected chi connectivity index (χ3v) is 3.91. The molecule has 1 fully saturated rings. The first-order valence-corrected chi connectivity index (χ1v) is 6.25. The zero-order valence-electron chi connectivity index (χ0n) is 10.1. The highest BCUT2D eigenvalue weighted by molar-refractivity contribution is 5.78. The summed E-state index contributed by atoms with van der Waals surface area (Å²) in [4.78, 5) is 24.4. The van der Waals surface area contributed by atoms with Gasteiger partial charge in [0.1, 0.15) is 0 Å². The quantitative estimate of drug-likeness (QED) is 0.754. The first-order valence-electron chi connectivity index (χ1n) is 6.25. The summed E-state index contributed by atoms with van der Waals surface area (Å²) in [6, 6.07) is 0. The Balaban J connectivity index is 1.73. The lowest BCUT2D eigenvalue weighted by atomic mass is 9.86. The summed E-state index contributed by atoms with van der Waals surface area (Å²) in [6.07, 6.45) is 6.99. The number of amides is 1. The Labute approximate surface area is 101 Å². The largest absolute Gasteiger partial charge is 0.481 e. The van der Waals surface area contributed by atoms with Gasteiger partial charge in [-0.25, -0.2) is 0 Å². The molecule has 0 bridgehead atoms. The molecule has 1 saturated heterocycles. The van der Waals surface area contributed by atoms with Gasteiger partial charge >= 0.3 is 5.97 Å². The van der Waals surface area contributed by atoms with E-state index in [-0.39, 0.29) is 17.7 Å². The summed E-state index contributed by atoms with van der Waals surface area (Å²) >= 11 is 0. The molecule has 2 aliphatic rings. The van der Waals surface area contributed by atoms with Crippen molar-refractivity contribution in [2.24, 2.45) is 17.8 Å². The highest BCUT2D eigenvalue weighted by Crippen LogP contribution is 2.27. The number of nitrogens with zero attached hydrogens (tertiary/aromatic N) is 1. The SMILES string of the molecule is CC(C(=O)O)C1CN(C(=O)CC2C=CCC2)C1. The van der Waals surface area contributed by atoms with Gasteiger partial charge in [-0.05, 0) is 18.8 Å². The number of hydrogen-bond donors (Lipinski definition) is 1. The van der Waals surface area contributed by atoms with Gasteiger partial charge in [-0.1, -0.05) is 19.1 Å². The highest BCUT2D eigenvalue weighted by atomic mass is 16.4. The molecule has 0 aromatic carbocycles. The van der Waals surface area contributed by atoms with Crippen LogP contribution in [0.2, 0.25) is 0 Å². The number of carboxylic acid groups (broad SMARTS) is 1. The van der Waals surface area contributed by atoms with Crippen molar-refractivity contribution < 1.29 is 14.7 Å². The van der Waals surface area contributed by atoms with E-state index in [2.05, 4.69) is 12.2 Å². The van der Waals surface area contributed by atoms with Crippen LogP contribution >= 0.6 is 0 Å². The number of carbonyl (C=O) groups excluding carboxylic acids is 1. The molecule has 2 atom stereocenters. The second-order valence-corrected chi connectivity index (χ2v) is 5.16. The topological polar surface area (TPSA) is 57.6 Å². The number of aliphatic carboxylic acids is 1. The van der Waals surface area contributed by atoms with Gasteiger partial charge in [0.2, 0.25) is 5.91 Å². The van der Waals surface area contributed by atoms with E-state index in [4.69, 9.17) is 5.11 Å². The molecule has 1 heterocycles. The molecule has 1 N–H and O–H groups in total. The fourth-order valence-corrected chi connectivity index (χ4v) is 2.45. The predicted molar refractivity (Wildman–Crippen MR) is 63.4 cm³/mol. The van der Waals surface area contributed by atoms with Gasteiger partial charge in [-0.2, -0.15) is 0 Å². The van der Waals surface area contributed by atoms with Crippen LogP contribution in [0.5, 0.6) is 0 Å². The van der Waals surface area contributed by atoms with Crippen LogP contribution in [0, 0.1) is 17.8 Å². The zero-order chi connectivity index (χ0) is 12.4. The van der Waals surface area contributed by atoms with Gasteiger partial charge in [0.05, 0.1) is 5.92 Å². The molecule has 0 saturated carbocycles. The molecular formula is C13H19NO3. The van der Waals surface area contributed by atoms with Crippen molar-refractivity contribution in [3.8, 4) is 0 Å². The Morgan fingerprint density at radius 2 is 2.18 bits per heavy atom. The number of carboxylic acids is 1. The molecule has 0 radical (unpaired) electrons. The average molecular weight is 237 g/mol. The molecule has 2 rings (SSSR count). The van der Waals surface area contributed by atoms with E-state index in [1.54, 1.807) is 11.8 Å². The number of allylic oxidation sites excluding steroid dienone is 2. The molecule has 0 aromatic heterocycles. The smallest absolute Gasteiger partial charge is 0.306 e. The van der Waals surface area contributed by atoms with E-state index >= 15 is 0 Å². The monoisotopic (exact) mass is 237 g/mol. The minimum atomic E-state index is -0.763. The van der Waals surface area contributed by atoms with Crippen molar-refractivity contribution in [3.05, 3.63) is 12.2 Å². The van der Waals surface area contributed by atoms with Crippen molar-refractivity contribution in [1.82, 2.24) is 4.90 Å². The lowest BCUT2D eigenvalue weighted by Crippen LogP contribution is -2.53. The summed E-state index contributed by atoms with van der Waals surface area (Å²) in [7, 11) is 0. The maximum atomic E-state index is 11.9. The Bertz CT molecular complexity index is 345. The molecule has 1 aliphatic carbocycles. The van der Waals surface area contributed by atoms with E-state index in [1.807, 2.05) is 0 Å². The Kier molecular flexibility index (Phi) is 3.50. The predicted octanol–water partition coefficient (Wildman–Crippen LogP) is 1.52. The standard InChI is InChI=1S/C13H19NO3/c1-9(13(16)17)11-7-14(8-11)12(15)6-10-4-2-3-5-10/h2,4,9-11H,3,5-8H2,1H3,(H,16,17). The minimum absolute atomic E-state index is 0.135. The van der Waals surface area contributed by atoms with Crippen LogP contribution in [-0.4, -0.2) is 35.0 Å². The van der Waals surface area contributed by atoms with E-state index < -0.39 is 5.97 Å². The first kappa shape index (κ1) is 12.1. The molecule has 0 aromatic rings. The van der Waals surface area contributed by atoms with Crippen LogP contribution in [0.3, 0.4) is 0 Å². The number of carbonyl (C=O) groups is 2. The fraction of sp³-hybridized carbons (Fsp3) is 0.692. The molecule has 0 spiro atoms. The Hall–Kier alpha value is -1.32. The summed E-state index contributed by atoms with van der Waals surface area (Å²) in [6.45, 7) is 2.94.